The quantitative estimate of drug-likeness (QED) is 0.926. The zero-order valence-corrected chi connectivity index (χ0v) is 15.1. The molecule has 0 radical (unpaired) electrons. The van der Waals surface area contributed by atoms with Crippen molar-refractivity contribution >= 4 is 34.5 Å². The number of hydrogen-bond donors (Lipinski definition) is 1. The lowest BCUT2D eigenvalue weighted by Gasteiger charge is -2.29. The Morgan fingerprint density at radius 3 is 2.88 bits per heavy atom. The summed E-state index contributed by atoms with van der Waals surface area (Å²) in [4.78, 5) is 32.1. The molecule has 0 saturated carbocycles. The van der Waals surface area contributed by atoms with Gasteiger partial charge in [0.25, 0.3) is 0 Å². The fourth-order valence-corrected chi connectivity index (χ4v) is 4.10. The van der Waals surface area contributed by atoms with E-state index in [0.717, 1.165) is 16.5 Å². The van der Waals surface area contributed by atoms with Gasteiger partial charge in [0, 0.05) is 35.9 Å². The van der Waals surface area contributed by atoms with Crippen LogP contribution < -0.4 is 0 Å². The zero-order valence-electron chi connectivity index (χ0n) is 14.3. The van der Waals surface area contributed by atoms with Crippen LogP contribution in [0, 0.1) is 0 Å². The van der Waals surface area contributed by atoms with Gasteiger partial charge >= 0.3 is 0 Å². The van der Waals surface area contributed by atoms with E-state index < -0.39 is 0 Å². The van der Waals surface area contributed by atoms with Gasteiger partial charge in [-0.1, -0.05) is 18.2 Å². The van der Waals surface area contributed by atoms with Crippen LogP contribution in [0.4, 0.5) is 0 Å². The van der Waals surface area contributed by atoms with Gasteiger partial charge in [-0.2, -0.15) is 0 Å². The monoisotopic (exact) mass is 345 g/mol. The Balaban J connectivity index is 1.75. The second-order valence-corrected chi connectivity index (χ2v) is 7.46. The molecule has 128 valence electrons. The first kappa shape index (κ1) is 16.9. The molecule has 2 amide bonds. The van der Waals surface area contributed by atoms with Crippen molar-refractivity contribution in [2.24, 2.45) is 0 Å². The van der Waals surface area contributed by atoms with Crippen molar-refractivity contribution in [1.29, 1.82) is 0 Å². The smallest absolute Gasteiger partial charge is 0.246 e. The molecular formula is C18H23N3O2S. The number of benzene rings is 1. The first-order valence-corrected chi connectivity index (χ1v) is 9.33. The lowest BCUT2D eigenvalue weighted by Crippen LogP contribution is -2.49. The van der Waals surface area contributed by atoms with Crippen molar-refractivity contribution in [1.82, 2.24) is 14.8 Å². The van der Waals surface area contributed by atoms with Crippen LogP contribution in [-0.2, 0) is 16.0 Å². The minimum absolute atomic E-state index is 0.0141. The number of hydrogen-bond acceptors (Lipinski definition) is 3. The van der Waals surface area contributed by atoms with E-state index in [9.17, 15) is 9.59 Å². The average molecular weight is 345 g/mol. The molecule has 1 atom stereocenters. The van der Waals surface area contributed by atoms with E-state index in [-0.39, 0.29) is 23.9 Å². The predicted molar refractivity (Wildman–Crippen MR) is 97.9 cm³/mol. The van der Waals surface area contributed by atoms with Gasteiger partial charge in [-0.3, -0.25) is 9.59 Å². The summed E-state index contributed by atoms with van der Waals surface area (Å²) in [5, 5.41) is 1.07. The van der Waals surface area contributed by atoms with Crippen LogP contribution in [-0.4, -0.2) is 57.4 Å². The van der Waals surface area contributed by atoms with E-state index in [0.29, 0.717) is 18.1 Å². The number of thioether (sulfide) groups is 1. The van der Waals surface area contributed by atoms with E-state index >= 15 is 0 Å². The molecule has 24 heavy (non-hydrogen) atoms. The molecule has 0 aliphatic carbocycles. The minimum Gasteiger partial charge on any atom is -0.361 e. The van der Waals surface area contributed by atoms with E-state index in [1.54, 1.807) is 28.6 Å². The minimum atomic E-state index is -0.347. The number of aromatic amines is 1. The Kier molecular flexibility index (Phi) is 4.85. The Bertz CT molecular complexity index is 756. The standard InChI is InChI=1S/C18H23N3O2S/c1-12(2)20(3)18(23)16-10-24-11-21(16)17(22)8-13-9-19-15-7-5-4-6-14(13)15/h4-7,9,12,16,19H,8,10-11H2,1-3H3. The number of aromatic nitrogens is 1. The second-order valence-electron chi connectivity index (χ2n) is 6.46. The highest BCUT2D eigenvalue weighted by Gasteiger charge is 2.36. The number of fused-ring (bicyclic) bond motifs is 1. The largest absolute Gasteiger partial charge is 0.361 e. The number of amides is 2. The van der Waals surface area contributed by atoms with Gasteiger partial charge in [0.15, 0.2) is 0 Å². The molecule has 5 nitrogen and oxygen atoms in total. The number of carbonyl (C=O) groups is 2. The van der Waals surface area contributed by atoms with Crippen LogP contribution in [0.15, 0.2) is 30.5 Å². The Hall–Kier alpha value is -1.95. The summed E-state index contributed by atoms with van der Waals surface area (Å²) < 4.78 is 0. The highest BCUT2D eigenvalue weighted by molar-refractivity contribution is 7.99. The number of para-hydroxylation sites is 1. The van der Waals surface area contributed by atoms with Gasteiger partial charge < -0.3 is 14.8 Å². The first-order valence-electron chi connectivity index (χ1n) is 8.18. The van der Waals surface area contributed by atoms with E-state index in [4.69, 9.17) is 0 Å². The van der Waals surface area contributed by atoms with Gasteiger partial charge in [-0.25, -0.2) is 0 Å². The maximum atomic E-state index is 12.8. The summed E-state index contributed by atoms with van der Waals surface area (Å²) in [5.74, 6) is 1.31. The summed E-state index contributed by atoms with van der Waals surface area (Å²) in [6.07, 6.45) is 2.21. The summed E-state index contributed by atoms with van der Waals surface area (Å²) in [5.41, 5.74) is 2.01. The predicted octanol–water partition coefficient (Wildman–Crippen LogP) is 2.48. The molecule has 1 saturated heterocycles. The summed E-state index contributed by atoms with van der Waals surface area (Å²) in [6.45, 7) is 3.97. The molecule has 1 aromatic heterocycles. The Morgan fingerprint density at radius 1 is 1.38 bits per heavy atom. The average Bonchev–Trinajstić information content (AvgIpc) is 3.21. The third-order valence-corrected chi connectivity index (χ3v) is 5.64. The molecule has 0 bridgehead atoms. The molecule has 2 heterocycles. The van der Waals surface area contributed by atoms with Crippen LogP contribution in [0.25, 0.3) is 10.9 Å². The van der Waals surface area contributed by atoms with Gasteiger partial charge in [0.05, 0.1) is 12.3 Å². The number of carbonyl (C=O) groups excluding carboxylic acids is 2. The van der Waals surface area contributed by atoms with Crippen LogP contribution in [0.1, 0.15) is 19.4 Å². The van der Waals surface area contributed by atoms with Gasteiger partial charge in [0.1, 0.15) is 6.04 Å². The maximum Gasteiger partial charge on any atom is 0.246 e. The normalized spacial score (nSPS) is 17.7. The summed E-state index contributed by atoms with van der Waals surface area (Å²) in [6, 6.07) is 7.74. The Labute approximate surface area is 146 Å². The van der Waals surface area contributed by atoms with Crippen molar-refractivity contribution in [2.75, 3.05) is 18.7 Å². The van der Waals surface area contributed by atoms with Crippen LogP contribution >= 0.6 is 11.8 Å². The maximum absolute atomic E-state index is 12.8. The molecule has 0 spiro atoms. The topological polar surface area (TPSA) is 56.4 Å². The molecule has 1 aliphatic rings. The van der Waals surface area contributed by atoms with Crippen molar-refractivity contribution in [2.45, 2.75) is 32.4 Å². The SMILES string of the molecule is CC(C)N(C)C(=O)C1CSCN1C(=O)Cc1c[nH]c2ccccc12. The molecule has 1 N–H and O–H groups in total. The number of nitrogens with one attached hydrogen (secondary N) is 1. The lowest BCUT2D eigenvalue weighted by atomic mass is 10.1. The molecule has 1 aromatic carbocycles. The first-order chi connectivity index (χ1) is 11.5. The number of H-pyrrole nitrogens is 1. The summed E-state index contributed by atoms with van der Waals surface area (Å²) >= 11 is 1.64. The fourth-order valence-electron chi connectivity index (χ4n) is 2.92. The lowest BCUT2D eigenvalue weighted by molar-refractivity contribution is -0.143. The van der Waals surface area contributed by atoms with Crippen molar-refractivity contribution in [3.63, 3.8) is 0 Å². The number of nitrogens with zero attached hydrogens (tertiary/aromatic N) is 2. The van der Waals surface area contributed by atoms with Gasteiger partial charge in [-0.05, 0) is 25.5 Å². The third-order valence-electron chi connectivity index (χ3n) is 4.63. The van der Waals surface area contributed by atoms with Crippen molar-refractivity contribution in [3.8, 4) is 0 Å². The van der Waals surface area contributed by atoms with E-state index in [1.165, 1.54) is 0 Å². The molecule has 1 aliphatic heterocycles. The highest BCUT2D eigenvalue weighted by atomic mass is 32.2. The van der Waals surface area contributed by atoms with Crippen molar-refractivity contribution < 1.29 is 9.59 Å². The zero-order chi connectivity index (χ0) is 17.3. The van der Waals surface area contributed by atoms with Gasteiger partial charge in [0.2, 0.25) is 11.8 Å². The number of rotatable bonds is 4. The molecule has 1 unspecified atom stereocenters. The molecule has 3 rings (SSSR count). The summed E-state index contributed by atoms with van der Waals surface area (Å²) in [7, 11) is 1.80. The second kappa shape index (κ2) is 6.89. The molecular weight excluding hydrogens is 322 g/mol. The van der Waals surface area contributed by atoms with Crippen LogP contribution in [0.3, 0.4) is 0 Å². The van der Waals surface area contributed by atoms with Crippen molar-refractivity contribution in [3.05, 3.63) is 36.0 Å². The van der Waals surface area contributed by atoms with Gasteiger partial charge in [-0.15, -0.1) is 11.8 Å². The Morgan fingerprint density at radius 2 is 2.12 bits per heavy atom. The highest BCUT2D eigenvalue weighted by Crippen LogP contribution is 2.25. The van der Waals surface area contributed by atoms with Crippen LogP contribution in [0.5, 0.6) is 0 Å². The third kappa shape index (κ3) is 3.15. The molecule has 2 aromatic rings. The van der Waals surface area contributed by atoms with E-state index in [1.807, 2.05) is 44.3 Å². The molecule has 1 fully saturated rings. The number of likely N-dealkylation sites (N-methyl/N-ethyl adjacent to an activating group) is 1. The van der Waals surface area contributed by atoms with E-state index in [2.05, 4.69) is 4.98 Å². The molecule has 6 heteroatoms. The van der Waals surface area contributed by atoms with Crippen LogP contribution in [0.2, 0.25) is 0 Å². The fraction of sp³-hybridized carbons (Fsp3) is 0.444.